The molecule has 0 aromatic heterocycles. The van der Waals surface area contributed by atoms with Gasteiger partial charge in [-0.05, 0) is 37.0 Å². The van der Waals surface area contributed by atoms with Crippen LogP contribution in [0.25, 0.3) is 0 Å². The van der Waals surface area contributed by atoms with Crippen molar-refractivity contribution in [3.05, 3.63) is 35.4 Å². The van der Waals surface area contributed by atoms with Gasteiger partial charge in [0.25, 0.3) is 5.91 Å². The van der Waals surface area contributed by atoms with Gasteiger partial charge in [-0.25, -0.2) is 0 Å². The van der Waals surface area contributed by atoms with Crippen LogP contribution in [0.2, 0.25) is 0 Å². The zero-order valence-electron chi connectivity index (χ0n) is 15.4. The maximum atomic E-state index is 12.9. The third-order valence-corrected chi connectivity index (χ3v) is 5.65. The summed E-state index contributed by atoms with van der Waals surface area (Å²) in [5.41, 5.74) is 1.46. The Morgan fingerprint density at radius 1 is 1.23 bits per heavy atom. The lowest BCUT2D eigenvalue weighted by Crippen LogP contribution is -2.55. The summed E-state index contributed by atoms with van der Waals surface area (Å²) in [5.74, 6) is 0.227. The van der Waals surface area contributed by atoms with Crippen molar-refractivity contribution >= 4 is 11.8 Å². The summed E-state index contributed by atoms with van der Waals surface area (Å²) < 4.78 is 5.13. The van der Waals surface area contributed by atoms with Crippen LogP contribution in [-0.4, -0.2) is 66.6 Å². The molecule has 0 unspecified atom stereocenters. The van der Waals surface area contributed by atoms with Crippen molar-refractivity contribution in [2.45, 2.75) is 32.3 Å². The molecule has 26 heavy (non-hydrogen) atoms. The molecule has 0 aliphatic carbocycles. The number of hydrogen-bond donors (Lipinski definition) is 1. The molecule has 2 heterocycles. The quantitative estimate of drug-likeness (QED) is 0.867. The Morgan fingerprint density at radius 2 is 2.00 bits per heavy atom. The molecular formula is C20H28N2O4. The summed E-state index contributed by atoms with van der Waals surface area (Å²) in [7, 11) is 1.65. The van der Waals surface area contributed by atoms with Gasteiger partial charge in [0.1, 0.15) is 0 Å². The van der Waals surface area contributed by atoms with E-state index in [-0.39, 0.29) is 23.8 Å². The van der Waals surface area contributed by atoms with Crippen molar-refractivity contribution in [3.63, 3.8) is 0 Å². The van der Waals surface area contributed by atoms with Crippen LogP contribution in [0.15, 0.2) is 24.3 Å². The van der Waals surface area contributed by atoms with E-state index in [2.05, 4.69) is 0 Å². The van der Waals surface area contributed by atoms with Crippen molar-refractivity contribution in [2.24, 2.45) is 5.41 Å². The van der Waals surface area contributed by atoms with Gasteiger partial charge >= 0.3 is 0 Å². The van der Waals surface area contributed by atoms with Crippen LogP contribution < -0.4 is 0 Å². The highest BCUT2D eigenvalue weighted by atomic mass is 16.5. The molecule has 1 N–H and O–H groups in total. The molecule has 1 atom stereocenters. The van der Waals surface area contributed by atoms with E-state index >= 15 is 0 Å². The largest absolute Gasteiger partial charge is 0.392 e. The van der Waals surface area contributed by atoms with E-state index < -0.39 is 0 Å². The number of carbonyl (C=O) groups excluding carboxylic acids is 2. The predicted molar refractivity (Wildman–Crippen MR) is 97.6 cm³/mol. The minimum Gasteiger partial charge on any atom is -0.392 e. The van der Waals surface area contributed by atoms with Gasteiger partial charge in [-0.15, -0.1) is 0 Å². The van der Waals surface area contributed by atoms with Crippen LogP contribution in [0.1, 0.15) is 41.6 Å². The Kier molecular flexibility index (Phi) is 5.94. The normalized spacial score (nSPS) is 23.5. The Morgan fingerprint density at radius 3 is 2.69 bits per heavy atom. The summed E-state index contributed by atoms with van der Waals surface area (Å²) in [5, 5.41) is 9.15. The van der Waals surface area contributed by atoms with E-state index in [0.717, 1.165) is 31.4 Å². The molecule has 2 saturated heterocycles. The fraction of sp³-hybridized carbons (Fsp3) is 0.600. The second kappa shape index (κ2) is 8.18. The van der Waals surface area contributed by atoms with Crippen molar-refractivity contribution < 1.29 is 19.4 Å². The second-order valence-corrected chi connectivity index (χ2v) is 7.49. The molecule has 6 nitrogen and oxygen atoms in total. The van der Waals surface area contributed by atoms with Gasteiger partial charge in [0, 0.05) is 50.7 Å². The van der Waals surface area contributed by atoms with Gasteiger partial charge in [-0.3, -0.25) is 9.59 Å². The number of amides is 2. The van der Waals surface area contributed by atoms with E-state index in [1.807, 2.05) is 9.80 Å². The predicted octanol–water partition coefficient (Wildman–Crippen LogP) is 1.67. The van der Waals surface area contributed by atoms with Crippen molar-refractivity contribution in [3.8, 4) is 0 Å². The van der Waals surface area contributed by atoms with Crippen LogP contribution in [0, 0.1) is 5.41 Å². The van der Waals surface area contributed by atoms with Gasteiger partial charge in [0.05, 0.1) is 13.2 Å². The van der Waals surface area contributed by atoms with Crippen molar-refractivity contribution in [2.75, 3.05) is 39.9 Å². The second-order valence-electron chi connectivity index (χ2n) is 7.49. The topological polar surface area (TPSA) is 70.1 Å². The number of hydrogen-bond acceptors (Lipinski definition) is 4. The number of aliphatic hydroxyl groups is 1. The molecule has 2 amide bonds. The first-order valence-corrected chi connectivity index (χ1v) is 9.33. The van der Waals surface area contributed by atoms with Gasteiger partial charge in [0.2, 0.25) is 5.91 Å². The van der Waals surface area contributed by atoms with Gasteiger partial charge in [-0.1, -0.05) is 12.1 Å². The highest BCUT2D eigenvalue weighted by molar-refractivity contribution is 5.94. The van der Waals surface area contributed by atoms with Crippen molar-refractivity contribution in [1.29, 1.82) is 0 Å². The number of aliphatic hydroxyl groups excluding tert-OH is 1. The molecule has 2 fully saturated rings. The van der Waals surface area contributed by atoms with Gasteiger partial charge in [0.15, 0.2) is 0 Å². The monoisotopic (exact) mass is 360 g/mol. The highest BCUT2D eigenvalue weighted by Gasteiger charge is 2.42. The SMILES string of the molecule is COCCN1C[C@@]2(CCCN(C(=O)c3ccc(CO)cc3)C2)CCC1=O. The summed E-state index contributed by atoms with van der Waals surface area (Å²) in [4.78, 5) is 28.9. The minimum absolute atomic E-state index is 0.000596. The number of nitrogens with zero attached hydrogens (tertiary/aromatic N) is 2. The molecule has 1 aromatic rings. The number of rotatable bonds is 5. The summed E-state index contributed by atoms with van der Waals surface area (Å²) >= 11 is 0. The Labute approximate surface area is 154 Å². The molecule has 0 radical (unpaired) electrons. The zero-order chi connectivity index (χ0) is 18.6. The fourth-order valence-corrected chi connectivity index (χ4v) is 4.16. The Balaban J connectivity index is 1.69. The molecule has 0 bridgehead atoms. The molecule has 2 aliphatic heterocycles. The third kappa shape index (κ3) is 4.07. The molecule has 1 spiro atoms. The van der Waals surface area contributed by atoms with Crippen LogP contribution >= 0.6 is 0 Å². The summed E-state index contributed by atoms with van der Waals surface area (Å²) in [6, 6.07) is 7.15. The van der Waals surface area contributed by atoms with Gasteiger partial charge in [-0.2, -0.15) is 0 Å². The molecule has 0 saturated carbocycles. The van der Waals surface area contributed by atoms with E-state index in [0.29, 0.717) is 38.2 Å². The van der Waals surface area contributed by atoms with Crippen molar-refractivity contribution in [1.82, 2.24) is 9.80 Å². The first kappa shape index (κ1) is 18.9. The van der Waals surface area contributed by atoms with E-state index in [1.54, 1.807) is 31.4 Å². The molecule has 3 rings (SSSR count). The average Bonchev–Trinajstić information content (AvgIpc) is 2.68. The average molecular weight is 360 g/mol. The standard InChI is InChI=1S/C20H28N2O4/c1-26-12-11-21-14-20(9-7-18(21)24)8-2-10-22(15-20)19(25)17-5-3-16(13-23)4-6-17/h3-6,23H,2,7-15H2,1H3/t20-/m1/s1. The maximum absolute atomic E-state index is 12.9. The molecular weight excluding hydrogens is 332 g/mol. The number of carbonyl (C=O) groups is 2. The van der Waals surface area contributed by atoms with Crippen LogP contribution in [0.5, 0.6) is 0 Å². The van der Waals surface area contributed by atoms with E-state index in [9.17, 15) is 9.59 Å². The van der Waals surface area contributed by atoms with E-state index in [4.69, 9.17) is 9.84 Å². The summed E-state index contributed by atoms with van der Waals surface area (Å²) in [6.45, 7) is 3.31. The molecule has 142 valence electrons. The maximum Gasteiger partial charge on any atom is 0.253 e. The lowest BCUT2D eigenvalue weighted by atomic mass is 9.73. The first-order chi connectivity index (χ1) is 12.6. The number of benzene rings is 1. The Bertz CT molecular complexity index is 646. The number of likely N-dealkylation sites (tertiary alicyclic amines) is 2. The lowest BCUT2D eigenvalue weighted by molar-refractivity contribution is -0.139. The number of ether oxygens (including phenoxy) is 1. The minimum atomic E-state index is -0.0212. The fourth-order valence-electron chi connectivity index (χ4n) is 4.16. The smallest absolute Gasteiger partial charge is 0.253 e. The molecule has 1 aromatic carbocycles. The zero-order valence-corrected chi connectivity index (χ0v) is 15.4. The van der Waals surface area contributed by atoms with Gasteiger partial charge < -0.3 is 19.6 Å². The van der Waals surface area contributed by atoms with Crippen LogP contribution in [0.3, 0.4) is 0 Å². The lowest BCUT2D eigenvalue weighted by Gasteiger charge is -2.48. The number of piperidine rings is 2. The van der Waals surface area contributed by atoms with Crippen LogP contribution in [0.4, 0.5) is 0 Å². The molecule has 6 heteroatoms. The summed E-state index contributed by atoms with van der Waals surface area (Å²) in [6.07, 6.45) is 3.42. The number of methoxy groups -OCH3 is 1. The molecule has 2 aliphatic rings. The highest BCUT2D eigenvalue weighted by Crippen LogP contribution is 2.39. The first-order valence-electron chi connectivity index (χ1n) is 9.33. The van der Waals surface area contributed by atoms with E-state index in [1.165, 1.54) is 0 Å². The third-order valence-electron chi connectivity index (χ3n) is 5.65. The Hall–Kier alpha value is -1.92. The van der Waals surface area contributed by atoms with Crippen LogP contribution in [-0.2, 0) is 16.1 Å².